The summed E-state index contributed by atoms with van der Waals surface area (Å²) < 4.78 is 0. The molecule has 1 heterocycles. The summed E-state index contributed by atoms with van der Waals surface area (Å²) in [5.74, 6) is -0.831. The summed E-state index contributed by atoms with van der Waals surface area (Å²) in [6, 6.07) is 8.79. The molecule has 8 heteroatoms. The van der Waals surface area contributed by atoms with Gasteiger partial charge < -0.3 is 10.6 Å². The molecule has 2 aromatic rings. The molecular weight excluding hydrogens is 316 g/mol. The first-order valence-corrected chi connectivity index (χ1v) is 7.74. The van der Waals surface area contributed by atoms with Crippen LogP contribution in [0.5, 0.6) is 0 Å². The monoisotopic (exact) mass is 332 g/mol. The molecular formula is C15H16N4O3S. The number of hydrogen-bond donors (Lipinski definition) is 3. The number of likely N-dealkylation sites (N-methyl/N-ethyl adjacent to an activating group) is 1. The van der Waals surface area contributed by atoms with Crippen LogP contribution in [0.25, 0.3) is 0 Å². The molecule has 0 bridgehead atoms. The van der Waals surface area contributed by atoms with E-state index in [4.69, 9.17) is 0 Å². The molecule has 2 rings (SSSR count). The fraction of sp³-hybridized carbons (Fsp3) is 0.200. The van der Waals surface area contributed by atoms with Gasteiger partial charge in [-0.2, -0.15) is 0 Å². The van der Waals surface area contributed by atoms with Crippen LogP contribution in [0.4, 0.5) is 5.13 Å². The first-order valence-electron chi connectivity index (χ1n) is 6.86. The summed E-state index contributed by atoms with van der Waals surface area (Å²) in [6.07, 6.45) is 0.0503. The van der Waals surface area contributed by atoms with Crippen LogP contribution in [0.15, 0.2) is 35.7 Å². The summed E-state index contributed by atoms with van der Waals surface area (Å²) in [5.41, 5.74) is 1.07. The number of nitrogens with zero attached hydrogens (tertiary/aromatic N) is 1. The van der Waals surface area contributed by atoms with E-state index in [-0.39, 0.29) is 30.7 Å². The Morgan fingerprint density at radius 1 is 1.13 bits per heavy atom. The van der Waals surface area contributed by atoms with Crippen LogP contribution >= 0.6 is 11.3 Å². The SMILES string of the molecule is CNC(=O)CNC(=O)Cc1csc(NC(=O)c2ccccc2)n1. The van der Waals surface area contributed by atoms with Crippen molar-refractivity contribution in [3.8, 4) is 0 Å². The third-order valence-electron chi connectivity index (χ3n) is 2.87. The van der Waals surface area contributed by atoms with Crippen molar-refractivity contribution in [2.75, 3.05) is 18.9 Å². The highest BCUT2D eigenvalue weighted by atomic mass is 32.1. The standard InChI is InChI=1S/C15H16N4O3S/c1-16-13(21)8-17-12(20)7-11-9-23-15(18-11)19-14(22)10-5-3-2-4-6-10/h2-6,9H,7-8H2,1H3,(H,16,21)(H,17,20)(H,18,19,22). The number of thiazole rings is 1. The average molecular weight is 332 g/mol. The molecule has 0 spiro atoms. The number of carbonyl (C=O) groups is 3. The predicted octanol–water partition coefficient (Wildman–Crippen LogP) is 0.800. The first-order chi connectivity index (χ1) is 11.1. The molecule has 0 saturated carbocycles. The van der Waals surface area contributed by atoms with Gasteiger partial charge in [-0.3, -0.25) is 19.7 Å². The Labute approximate surface area is 137 Å². The minimum absolute atomic E-state index is 0.0503. The van der Waals surface area contributed by atoms with E-state index in [1.807, 2.05) is 6.07 Å². The second-order valence-electron chi connectivity index (χ2n) is 4.59. The van der Waals surface area contributed by atoms with Gasteiger partial charge >= 0.3 is 0 Å². The second kappa shape index (κ2) is 8.04. The van der Waals surface area contributed by atoms with Crippen molar-refractivity contribution in [2.45, 2.75) is 6.42 Å². The van der Waals surface area contributed by atoms with E-state index in [1.165, 1.54) is 18.4 Å². The molecule has 0 saturated heterocycles. The summed E-state index contributed by atoms with van der Waals surface area (Å²) in [6.45, 7) is -0.0724. The van der Waals surface area contributed by atoms with Gasteiger partial charge in [0.15, 0.2) is 5.13 Å². The van der Waals surface area contributed by atoms with Crippen molar-refractivity contribution in [1.29, 1.82) is 0 Å². The maximum Gasteiger partial charge on any atom is 0.257 e. The van der Waals surface area contributed by atoms with E-state index in [2.05, 4.69) is 20.9 Å². The molecule has 1 aromatic heterocycles. The van der Waals surface area contributed by atoms with Gasteiger partial charge in [-0.25, -0.2) is 4.98 Å². The molecule has 3 amide bonds. The molecule has 1 aromatic carbocycles. The van der Waals surface area contributed by atoms with Crippen LogP contribution in [0.2, 0.25) is 0 Å². The van der Waals surface area contributed by atoms with Gasteiger partial charge in [-0.15, -0.1) is 11.3 Å². The van der Waals surface area contributed by atoms with Crippen molar-refractivity contribution in [2.24, 2.45) is 0 Å². The fourth-order valence-electron chi connectivity index (χ4n) is 1.70. The number of carbonyl (C=O) groups excluding carboxylic acids is 3. The van der Waals surface area contributed by atoms with Crippen LogP contribution < -0.4 is 16.0 Å². The van der Waals surface area contributed by atoms with Crippen molar-refractivity contribution in [3.05, 3.63) is 47.0 Å². The van der Waals surface area contributed by atoms with Crippen molar-refractivity contribution < 1.29 is 14.4 Å². The molecule has 23 heavy (non-hydrogen) atoms. The zero-order valence-electron chi connectivity index (χ0n) is 12.5. The van der Waals surface area contributed by atoms with Gasteiger partial charge in [0, 0.05) is 18.0 Å². The zero-order valence-corrected chi connectivity index (χ0v) is 13.3. The van der Waals surface area contributed by atoms with Gasteiger partial charge in [0.05, 0.1) is 18.7 Å². The van der Waals surface area contributed by atoms with Crippen LogP contribution in [0.3, 0.4) is 0 Å². The summed E-state index contributed by atoms with van der Waals surface area (Å²) >= 11 is 1.24. The van der Waals surface area contributed by atoms with Gasteiger partial charge in [-0.1, -0.05) is 18.2 Å². The van der Waals surface area contributed by atoms with E-state index in [1.54, 1.807) is 29.6 Å². The normalized spacial score (nSPS) is 9.96. The molecule has 0 aliphatic rings. The summed E-state index contributed by atoms with van der Waals surface area (Å²) in [4.78, 5) is 38.9. The first kappa shape index (κ1) is 16.6. The number of rotatable bonds is 6. The molecule has 0 aliphatic heterocycles. The minimum Gasteiger partial charge on any atom is -0.358 e. The number of benzene rings is 1. The Bertz CT molecular complexity index is 700. The van der Waals surface area contributed by atoms with E-state index in [0.717, 1.165) is 0 Å². The molecule has 0 unspecified atom stereocenters. The Morgan fingerprint density at radius 3 is 2.57 bits per heavy atom. The number of hydrogen-bond acceptors (Lipinski definition) is 5. The van der Waals surface area contributed by atoms with Crippen LogP contribution in [-0.2, 0) is 16.0 Å². The molecule has 7 nitrogen and oxygen atoms in total. The van der Waals surface area contributed by atoms with E-state index in [0.29, 0.717) is 16.4 Å². The Morgan fingerprint density at radius 2 is 1.87 bits per heavy atom. The second-order valence-corrected chi connectivity index (χ2v) is 5.45. The highest BCUT2D eigenvalue weighted by Crippen LogP contribution is 2.16. The number of nitrogens with one attached hydrogen (secondary N) is 3. The molecule has 0 radical (unpaired) electrons. The highest BCUT2D eigenvalue weighted by Gasteiger charge is 2.11. The molecule has 0 fully saturated rings. The Hall–Kier alpha value is -2.74. The highest BCUT2D eigenvalue weighted by molar-refractivity contribution is 7.14. The van der Waals surface area contributed by atoms with Crippen LogP contribution in [0, 0.1) is 0 Å². The van der Waals surface area contributed by atoms with Gasteiger partial charge in [-0.05, 0) is 12.1 Å². The lowest BCUT2D eigenvalue weighted by molar-refractivity contribution is -0.125. The third kappa shape index (κ3) is 5.19. The topological polar surface area (TPSA) is 100 Å². The van der Waals surface area contributed by atoms with Crippen LogP contribution in [-0.4, -0.2) is 36.3 Å². The lowest BCUT2D eigenvalue weighted by atomic mass is 10.2. The Kier molecular flexibility index (Phi) is 5.81. The zero-order chi connectivity index (χ0) is 16.7. The quantitative estimate of drug-likeness (QED) is 0.728. The van der Waals surface area contributed by atoms with E-state index >= 15 is 0 Å². The van der Waals surface area contributed by atoms with Gasteiger partial charge in [0.25, 0.3) is 5.91 Å². The molecule has 0 aliphatic carbocycles. The predicted molar refractivity (Wildman–Crippen MR) is 87.3 cm³/mol. The molecule has 3 N–H and O–H groups in total. The van der Waals surface area contributed by atoms with Crippen molar-refractivity contribution >= 4 is 34.2 Å². The smallest absolute Gasteiger partial charge is 0.257 e. The largest absolute Gasteiger partial charge is 0.358 e. The summed E-state index contributed by atoms with van der Waals surface area (Å²) in [7, 11) is 1.50. The average Bonchev–Trinajstić information content (AvgIpc) is 3.00. The third-order valence-corrected chi connectivity index (χ3v) is 3.68. The number of aromatic nitrogens is 1. The maximum atomic E-state index is 12.0. The number of anilines is 1. The minimum atomic E-state index is -0.306. The number of amides is 3. The molecule has 120 valence electrons. The van der Waals surface area contributed by atoms with E-state index in [9.17, 15) is 14.4 Å². The molecule has 0 atom stereocenters. The fourth-order valence-corrected chi connectivity index (χ4v) is 2.40. The lowest BCUT2D eigenvalue weighted by Gasteiger charge is -2.02. The van der Waals surface area contributed by atoms with Gasteiger partial charge in [0.2, 0.25) is 11.8 Å². The van der Waals surface area contributed by atoms with Crippen molar-refractivity contribution in [1.82, 2.24) is 15.6 Å². The lowest BCUT2D eigenvalue weighted by Crippen LogP contribution is -2.35. The Balaban J connectivity index is 1.87. The van der Waals surface area contributed by atoms with E-state index < -0.39 is 0 Å². The van der Waals surface area contributed by atoms with Gasteiger partial charge in [0.1, 0.15) is 0 Å². The van der Waals surface area contributed by atoms with Crippen molar-refractivity contribution in [3.63, 3.8) is 0 Å². The maximum absolute atomic E-state index is 12.0. The summed E-state index contributed by atoms with van der Waals surface area (Å²) in [5, 5.41) is 9.70. The van der Waals surface area contributed by atoms with Crippen LogP contribution in [0.1, 0.15) is 16.1 Å².